The molecule has 0 aliphatic carbocycles. The van der Waals surface area contributed by atoms with Crippen LogP contribution < -0.4 is 14.4 Å². The Hall–Kier alpha value is -3.81. The van der Waals surface area contributed by atoms with Crippen LogP contribution in [0.15, 0.2) is 53.8 Å². The molecule has 2 aromatic rings. The molecule has 0 radical (unpaired) electrons. The monoisotopic (exact) mass is 397 g/mol. The molecule has 0 saturated heterocycles. The van der Waals surface area contributed by atoms with Crippen molar-refractivity contribution in [3.05, 3.63) is 64.9 Å². The van der Waals surface area contributed by atoms with E-state index in [1.54, 1.807) is 18.2 Å². The Balaban J connectivity index is 2.21. The lowest BCUT2D eigenvalue weighted by molar-refractivity contribution is -0.117. The van der Waals surface area contributed by atoms with Crippen LogP contribution in [0.2, 0.25) is 0 Å². The van der Waals surface area contributed by atoms with Gasteiger partial charge < -0.3 is 19.7 Å². The summed E-state index contributed by atoms with van der Waals surface area (Å²) in [7, 11) is 2.93. The molecule has 2 N–H and O–H groups in total. The van der Waals surface area contributed by atoms with Crippen LogP contribution in [-0.4, -0.2) is 42.1 Å². The summed E-state index contributed by atoms with van der Waals surface area (Å²) in [5.74, 6) is -2.27. The van der Waals surface area contributed by atoms with Crippen molar-refractivity contribution in [2.24, 2.45) is 0 Å². The highest BCUT2D eigenvalue weighted by atomic mass is 16.5. The van der Waals surface area contributed by atoms with E-state index in [1.165, 1.54) is 50.3 Å². The van der Waals surface area contributed by atoms with Gasteiger partial charge in [0, 0.05) is 5.69 Å². The molecule has 8 nitrogen and oxygen atoms in total. The molecule has 2 aromatic carbocycles. The predicted octanol–water partition coefficient (Wildman–Crippen LogP) is 2.89. The summed E-state index contributed by atoms with van der Waals surface area (Å²) in [5, 5.41) is 19.7. The molecule has 0 spiro atoms. The Morgan fingerprint density at radius 2 is 1.72 bits per heavy atom. The summed E-state index contributed by atoms with van der Waals surface area (Å²) in [6, 6.07) is 9.64. The van der Waals surface area contributed by atoms with Gasteiger partial charge in [0.1, 0.15) is 0 Å². The minimum Gasteiger partial charge on any atom is -0.503 e. The summed E-state index contributed by atoms with van der Waals surface area (Å²) >= 11 is 0. The Bertz CT molecular complexity index is 1040. The number of carboxylic acids is 1. The predicted molar refractivity (Wildman–Crippen MR) is 104 cm³/mol. The minimum absolute atomic E-state index is 0.0304. The fraction of sp³-hybridized carbons (Fsp3) is 0.190. The van der Waals surface area contributed by atoms with Crippen LogP contribution in [0.4, 0.5) is 5.69 Å². The van der Waals surface area contributed by atoms with Gasteiger partial charge in [0.25, 0.3) is 5.91 Å². The van der Waals surface area contributed by atoms with Gasteiger partial charge in [-0.3, -0.25) is 14.5 Å². The molecular weight excluding hydrogens is 378 g/mol. The number of aliphatic hydroxyl groups is 1. The van der Waals surface area contributed by atoms with Gasteiger partial charge in [-0.15, -0.1) is 0 Å². The van der Waals surface area contributed by atoms with Gasteiger partial charge in [0.05, 0.1) is 31.4 Å². The van der Waals surface area contributed by atoms with Gasteiger partial charge in [0.2, 0.25) is 0 Å². The van der Waals surface area contributed by atoms with Crippen LogP contribution >= 0.6 is 0 Å². The molecule has 0 saturated carbocycles. The normalized spacial score (nSPS) is 16.2. The van der Waals surface area contributed by atoms with Crippen molar-refractivity contribution < 1.29 is 34.1 Å². The molecule has 8 heteroatoms. The van der Waals surface area contributed by atoms with Crippen molar-refractivity contribution in [2.75, 3.05) is 19.1 Å². The first kappa shape index (κ1) is 19.9. The first-order chi connectivity index (χ1) is 13.8. The third-order valence-electron chi connectivity index (χ3n) is 4.68. The first-order valence-corrected chi connectivity index (χ1v) is 8.63. The van der Waals surface area contributed by atoms with Crippen molar-refractivity contribution in [2.45, 2.75) is 13.0 Å². The quantitative estimate of drug-likeness (QED) is 0.770. The van der Waals surface area contributed by atoms with E-state index in [-0.39, 0.29) is 16.8 Å². The zero-order chi connectivity index (χ0) is 21.3. The number of methoxy groups -OCH3 is 2. The summed E-state index contributed by atoms with van der Waals surface area (Å²) in [5.41, 5.74) is 0.614. The second-order valence-electron chi connectivity index (χ2n) is 6.37. The minimum atomic E-state index is -1.16. The van der Waals surface area contributed by atoms with E-state index in [9.17, 15) is 24.6 Å². The average Bonchev–Trinajstić information content (AvgIpc) is 2.98. The van der Waals surface area contributed by atoms with E-state index in [0.717, 1.165) is 0 Å². The van der Waals surface area contributed by atoms with Crippen molar-refractivity contribution in [3.63, 3.8) is 0 Å². The number of ether oxygens (including phenoxy) is 2. The van der Waals surface area contributed by atoms with Crippen LogP contribution in [0, 0.1) is 0 Å². The largest absolute Gasteiger partial charge is 0.503 e. The maximum absolute atomic E-state index is 12.8. The van der Waals surface area contributed by atoms with Crippen molar-refractivity contribution in [1.82, 2.24) is 0 Å². The molecule has 1 heterocycles. The lowest BCUT2D eigenvalue weighted by Crippen LogP contribution is -2.31. The van der Waals surface area contributed by atoms with E-state index >= 15 is 0 Å². The van der Waals surface area contributed by atoms with Crippen LogP contribution in [0.5, 0.6) is 11.5 Å². The smallest absolute Gasteiger partial charge is 0.335 e. The number of aliphatic hydroxyl groups excluding tert-OH is 1. The third kappa shape index (κ3) is 3.40. The van der Waals surface area contributed by atoms with Gasteiger partial charge in [-0.25, -0.2) is 4.79 Å². The Morgan fingerprint density at radius 3 is 2.31 bits per heavy atom. The van der Waals surface area contributed by atoms with Gasteiger partial charge in [-0.05, 0) is 42.8 Å². The SMILES string of the molecule is COc1ccc(C2C(C(C)=O)=C(O)C(=O)N2c2cccc(C(=O)O)c2)cc1OC. The zero-order valence-electron chi connectivity index (χ0n) is 16.0. The number of carbonyl (C=O) groups excluding carboxylic acids is 2. The topological polar surface area (TPSA) is 113 Å². The Morgan fingerprint density at radius 1 is 1.03 bits per heavy atom. The van der Waals surface area contributed by atoms with Crippen LogP contribution in [0.25, 0.3) is 0 Å². The van der Waals surface area contributed by atoms with Crippen LogP contribution in [0.3, 0.4) is 0 Å². The van der Waals surface area contributed by atoms with E-state index in [2.05, 4.69) is 0 Å². The van der Waals surface area contributed by atoms with Crippen molar-refractivity contribution >= 4 is 23.3 Å². The highest BCUT2D eigenvalue weighted by Gasteiger charge is 2.43. The second kappa shape index (κ2) is 7.67. The second-order valence-corrected chi connectivity index (χ2v) is 6.37. The number of hydrogen-bond donors (Lipinski definition) is 2. The maximum atomic E-state index is 12.8. The molecule has 1 unspecified atom stereocenters. The van der Waals surface area contributed by atoms with Crippen molar-refractivity contribution in [3.8, 4) is 11.5 Å². The van der Waals surface area contributed by atoms with Gasteiger partial charge in [-0.1, -0.05) is 12.1 Å². The number of aromatic carboxylic acids is 1. The highest BCUT2D eigenvalue weighted by Crippen LogP contribution is 2.43. The Labute approximate surface area is 166 Å². The van der Waals surface area contributed by atoms with Gasteiger partial charge in [0.15, 0.2) is 23.0 Å². The summed E-state index contributed by atoms with van der Waals surface area (Å²) in [6.07, 6.45) is 0. The zero-order valence-corrected chi connectivity index (χ0v) is 16.0. The molecule has 0 bridgehead atoms. The summed E-state index contributed by atoms with van der Waals surface area (Å²) in [6.45, 7) is 1.25. The number of ketones is 1. The first-order valence-electron chi connectivity index (χ1n) is 8.63. The lowest BCUT2D eigenvalue weighted by atomic mass is 9.96. The van der Waals surface area contributed by atoms with E-state index in [0.29, 0.717) is 17.1 Å². The number of nitrogens with zero attached hydrogens (tertiary/aromatic N) is 1. The number of carboxylic acid groups (broad SMARTS) is 1. The summed E-state index contributed by atoms with van der Waals surface area (Å²) in [4.78, 5) is 37.6. The summed E-state index contributed by atoms with van der Waals surface area (Å²) < 4.78 is 10.5. The number of carbonyl (C=O) groups is 3. The molecule has 1 amide bonds. The van der Waals surface area contributed by atoms with Crippen LogP contribution in [0.1, 0.15) is 28.9 Å². The average molecular weight is 397 g/mol. The third-order valence-corrected chi connectivity index (χ3v) is 4.68. The number of anilines is 1. The Kier molecular flexibility index (Phi) is 5.27. The van der Waals surface area contributed by atoms with E-state index in [4.69, 9.17) is 9.47 Å². The number of benzene rings is 2. The maximum Gasteiger partial charge on any atom is 0.335 e. The number of Topliss-reactive ketones (excluding diaryl/α,β-unsaturated/α-hetero) is 1. The fourth-order valence-electron chi connectivity index (χ4n) is 3.36. The number of rotatable bonds is 6. The van der Waals surface area contributed by atoms with E-state index in [1.807, 2.05) is 0 Å². The lowest BCUT2D eigenvalue weighted by Gasteiger charge is -2.27. The molecular formula is C21H19NO7. The molecule has 29 heavy (non-hydrogen) atoms. The molecule has 0 aromatic heterocycles. The molecule has 1 aliphatic rings. The standard InChI is InChI=1S/C21H19NO7/c1-11(23)17-18(12-7-8-15(28-2)16(10-12)29-3)22(20(25)19(17)24)14-6-4-5-13(9-14)21(26)27/h4-10,18,24H,1-3H3,(H,26,27). The molecule has 150 valence electrons. The fourth-order valence-corrected chi connectivity index (χ4v) is 3.36. The van der Waals surface area contributed by atoms with Crippen molar-refractivity contribution in [1.29, 1.82) is 0 Å². The van der Waals surface area contributed by atoms with Crippen LogP contribution in [-0.2, 0) is 9.59 Å². The number of hydrogen-bond acceptors (Lipinski definition) is 6. The highest BCUT2D eigenvalue weighted by molar-refractivity contribution is 6.16. The van der Waals surface area contributed by atoms with E-state index < -0.39 is 29.5 Å². The molecule has 0 fully saturated rings. The molecule has 3 rings (SSSR count). The van der Waals surface area contributed by atoms with Gasteiger partial charge in [-0.2, -0.15) is 0 Å². The molecule has 1 atom stereocenters. The molecule has 1 aliphatic heterocycles. The van der Waals surface area contributed by atoms with Gasteiger partial charge >= 0.3 is 5.97 Å². The number of amides is 1.